The maximum absolute atomic E-state index is 11.5. The summed E-state index contributed by atoms with van der Waals surface area (Å²) in [5.41, 5.74) is 2.63. The summed E-state index contributed by atoms with van der Waals surface area (Å²) in [6, 6.07) is 4.23. The molecule has 1 rings (SSSR count). The Morgan fingerprint density at radius 1 is 1.29 bits per heavy atom. The maximum Gasteiger partial charge on any atom is 0.325 e. The zero-order valence-corrected chi connectivity index (χ0v) is 10.1. The molecular formula is C12H16N2O3. The Morgan fingerprint density at radius 2 is 1.94 bits per heavy atom. The van der Waals surface area contributed by atoms with E-state index in [1.807, 2.05) is 32.0 Å². The quantitative estimate of drug-likeness (QED) is 0.750. The molecule has 2 amide bonds. The van der Waals surface area contributed by atoms with E-state index < -0.39 is 18.0 Å². The van der Waals surface area contributed by atoms with Gasteiger partial charge in [-0.2, -0.15) is 0 Å². The van der Waals surface area contributed by atoms with Crippen molar-refractivity contribution in [2.24, 2.45) is 0 Å². The van der Waals surface area contributed by atoms with Crippen LogP contribution in [-0.4, -0.2) is 23.1 Å². The molecule has 0 saturated carbocycles. The lowest BCUT2D eigenvalue weighted by Gasteiger charge is -2.12. The van der Waals surface area contributed by atoms with E-state index in [4.69, 9.17) is 5.11 Å². The molecule has 1 atom stereocenters. The number of amides is 2. The predicted octanol–water partition coefficient (Wildman–Crippen LogP) is 1.90. The minimum absolute atomic E-state index is 0.520. The van der Waals surface area contributed by atoms with Crippen molar-refractivity contribution in [3.63, 3.8) is 0 Å². The van der Waals surface area contributed by atoms with Gasteiger partial charge in [0.1, 0.15) is 6.04 Å². The van der Waals surface area contributed by atoms with Crippen molar-refractivity contribution in [2.75, 3.05) is 5.32 Å². The van der Waals surface area contributed by atoms with Gasteiger partial charge in [0.25, 0.3) is 0 Å². The van der Waals surface area contributed by atoms with Crippen LogP contribution in [0.2, 0.25) is 0 Å². The zero-order valence-electron chi connectivity index (χ0n) is 10.1. The molecule has 1 aromatic rings. The lowest BCUT2D eigenvalue weighted by molar-refractivity contribution is -0.138. The van der Waals surface area contributed by atoms with Crippen molar-refractivity contribution in [1.82, 2.24) is 5.32 Å². The van der Waals surface area contributed by atoms with Gasteiger partial charge < -0.3 is 15.7 Å². The molecule has 0 heterocycles. The van der Waals surface area contributed by atoms with Crippen molar-refractivity contribution in [1.29, 1.82) is 0 Å². The molecule has 0 saturated heterocycles. The first-order valence-corrected chi connectivity index (χ1v) is 5.27. The summed E-state index contributed by atoms with van der Waals surface area (Å²) in [5, 5.41) is 13.6. The molecule has 0 fully saturated rings. The topological polar surface area (TPSA) is 78.4 Å². The highest BCUT2D eigenvalue weighted by molar-refractivity contribution is 5.92. The highest BCUT2D eigenvalue weighted by Crippen LogP contribution is 2.15. The Morgan fingerprint density at radius 3 is 2.53 bits per heavy atom. The van der Waals surface area contributed by atoms with Gasteiger partial charge in [-0.3, -0.25) is 4.79 Å². The van der Waals surface area contributed by atoms with E-state index in [0.717, 1.165) is 11.1 Å². The summed E-state index contributed by atoms with van der Waals surface area (Å²) in [6.45, 7) is 5.20. The molecular weight excluding hydrogens is 220 g/mol. The number of urea groups is 1. The smallest absolute Gasteiger partial charge is 0.325 e. The summed E-state index contributed by atoms with van der Waals surface area (Å²) < 4.78 is 0. The Labute approximate surface area is 99.8 Å². The molecule has 0 radical (unpaired) electrons. The van der Waals surface area contributed by atoms with Gasteiger partial charge in [-0.05, 0) is 38.0 Å². The Kier molecular flexibility index (Phi) is 4.09. The predicted molar refractivity (Wildman–Crippen MR) is 65.2 cm³/mol. The van der Waals surface area contributed by atoms with Gasteiger partial charge in [-0.15, -0.1) is 0 Å². The standard InChI is InChI=1S/C12H16N2O3/c1-7-4-5-8(2)10(6-7)14-12(17)13-9(3)11(15)16/h4-6,9H,1-3H3,(H,15,16)(H2,13,14,17)/t9-/m1/s1. The van der Waals surface area contributed by atoms with Crippen LogP contribution in [0.25, 0.3) is 0 Å². The highest BCUT2D eigenvalue weighted by atomic mass is 16.4. The second kappa shape index (κ2) is 5.34. The fourth-order valence-corrected chi connectivity index (χ4v) is 1.29. The molecule has 0 aliphatic carbocycles. The van der Waals surface area contributed by atoms with Crippen molar-refractivity contribution in [3.8, 4) is 0 Å². The molecule has 1 aromatic carbocycles. The third-order valence-corrected chi connectivity index (χ3v) is 2.36. The number of hydrogen-bond donors (Lipinski definition) is 3. The normalized spacial score (nSPS) is 11.7. The molecule has 5 nitrogen and oxygen atoms in total. The van der Waals surface area contributed by atoms with Crippen molar-refractivity contribution in [2.45, 2.75) is 26.8 Å². The average Bonchev–Trinajstić information content (AvgIpc) is 2.23. The molecule has 0 spiro atoms. The van der Waals surface area contributed by atoms with E-state index >= 15 is 0 Å². The van der Waals surface area contributed by atoms with Crippen LogP contribution in [0.4, 0.5) is 10.5 Å². The number of hydrogen-bond acceptors (Lipinski definition) is 2. The van der Waals surface area contributed by atoms with Crippen LogP contribution >= 0.6 is 0 Å². The van der Waals surface area contributed by atoms with Crippen molar-refractivity contribution < 1.29 is 14.7 Å². The summed E-state index contributed by atoms with van der Waals surface area (Å²) in [4.78, 5) is 22.1. The first-order valence-electron chi connectivity index (χ1n) is 5.27. The monoisotopic (exact) mass is 236 g/mol. The molecule has 0 aromatic heterocycles. The fourth-order valence-electron chi connectivity index (χ4n) is 1.29. The van der Waals surface area contributed by atoms with Crippen LogP contribution in [0.3, 0.4) is 0 Å². The zero-order chi connectivity index (χ0) is 13.0. The molecule has 0 aliphatic heterocycles. The van der Waals surface area contributed by atoms with E-state index in [0.29, 0.717) is 5.69 Å². The number of carboxylic acids is 1. The third kappa shape index (κ3) is 3.79. The van der Waals surface area contributed by atoms with Crippen LogP contribution in [0.5, 0.6) is 0 Å². The maximum atomic E-state index is 11.5. The minimum atomic E-state index is -1.07. The van der Waals surface area contributed by atoms with Crippen molar-refractivity contribution in [3.05, 3.63) is 29.3 Å². The third-order valence-electron chi connectivity index (χ3n) is 2.36. The summed E-state index contributed by atoms with van der Waals surface area (Å²) >= 11 is 0. The summed E-state index contributed by atoms with van der Waals surface area (Å²) in [5.74, 6) is -1.07. The summed E-state index contributed by atoms with van der Waals surface area (Å²) in [6.07, 6.45) is 0. The van der Waals surface area contributed by atoms with Crippen LogP contribution in [0.1, 0.15) is 18.1 Å². The van der Waals surface area contributed by atoms with Gasteiger partial charge in [0.15, 0.2) is 0 Å². The highest BCUT2D eigenvalue weighted by Gasteiger charge is 2.14. The molecule has 0 bridgehead atoms. The van der Waals surface area contributed by atoms with Gasteiger partial charge >= 0.3 is 12.0 Å². The molecule has 5 heteroatoms. The van der Waals surface area contributed by atoms with Gasteiger partial charge in [0.05, 0.1) is 0 Å². The van der Waals surface area contributed by atoms with Gasteiger partial charge in [-0.1, -0.05) is 12.1 Å². The van der Waals surface area contributed by atoms with Gasteiger partial charge in [0, 0.05) is 5.69 Å². The van der Waals surface area contributed by atoms with Gasteiger partial charge in [0.2, 0.25) is 0 Å². The number of anilines is 1. The number of aliphatic carboxylic acids is 1. The van der Waals surface area contributed by atoms with Crippen LogP contribution in [-0.2, 0) is 4.79 Å². The number of aryl methyl sites for hydroxylation is 2. The van der Waals surface area contributed by atoms with Crippen LogP contribution in [0.15, 0.2) is 18.2 Å². The SMILES string of the molecule is Cc1ccc(C)c(NC(=O)N[C@H](C)C(=O)O)c1. The van der Waals surface area contributed by atoms with Crippen LogP contribution < -0.4 is 10.6 Å². The average molecular weight is 236 g/mol. The van der Waals surface area contributed by atoms with E-state index in [-0.39, 0.29) is 0 Å². The molecule has 0 aliphatic rings. The molecule has 92 valence electrons. The van der Waals surface area contributed by atoms with E-state index in [2.05, 4.69) is 10.6 Å². The number of nitrogens with one attached hydrogen (secondary N) is 2. The first-order chi connectivity index (χ1) is 7.90. The molecule has 17 heavy (non-hydrogen) atoms. The van der Waals surface area contributed by atoms with E-state index in [1.54, 1.807) is 0 Å². The summed E-state index contributed by atoms with van der Waals surface area (Å²) in [7, 11) is 0. The van der Waals surface area contributed by atoms with E-state index in [9.17, 15) is 9.59 Å². The Balaban J connectivity index is 2.68. The lowest BCUT2D eigenvalue weighted by Crippen LogP contribution is -2.40. The number of carboxylic acid groups (broad SMARTS) is 1. The second-order valence-electron chi connectivity index (χ2n) is 3.98. The molecule has 0 unspecified atom stereocenters. The molecule has 3 N–H and O–H groups in total. The second-order valence-corrected chi connectivity index (χ2v) is 3.98. The van der Waals surface area contributed by atoms with Gasteiger partial charge in [-0.25, -0.2) is 4.79 Å². The first kappa shape index (κ1) is 13.0. The van der Waals surface area contributed by atoms with E-state index in [1.165, 1.54) is 6.92 Å². The van der Waals surface area contributed by atoms with Crippen molar-refractivity contribution >= 4 is 17.7 Å². The lowest BCUT2D eigenvalue weighted by atomic mass is 10.1. The number of rotatable bonds is 3. The van der Waals surface area contributed by atoms with Crippen LogP contribution in [0, 0.1) is 13.8 Å². The number of benzene rings is 1. The fraction of sp³-hybridized carbons (Fsp3) is 0.333. The Bertz CT molecular complexity index is 443. The number of carbonyl (C=O) groups is 2. The minimum Gasteiger partial charge on any atom is -0.480 e. The largest absolute Gasteiger partial charge is 0.480 e. The Hall–Kier alpha value is -2.04. The number of carbonyl (C=O) groups excluding carboxylic acids is 1.